The molecular formula is C9H19NaO4S. The Labute approximate surface area is 114 Å². The molecule has 0 amide bonds. The SMILES string of the molecule is CCCCC(C(O)CCC)S(=O)(=O)[O-].[Na+]. The smallest absolute Gasteiger partial charge is 0.748 e. The molecule has 0 aromatic rings. The van der Waals surface area contributed by atoms with Crippen molar-refractivity contribution in [1.82, 2.24) is 0 Å². The van der Waals surface area contributed by atoms with Crippen molar-refractivity contribution < 1.29 is 47.6 Å². The van der Waals surface area contributed by atoms with E-state index in [0.29, 0.717) is 19.3 Å². The summed E-state index contributed by atoms with van der Waals surface area (Å²) >= 11 is 0. The molecule has 0 bridgehead atoms. The second kappa shape index (κ2) is 8.96. The van der Waals surface area contributed by atoms with Crippen molar-refractivity contribution in [3.8, 4) is 0 Å². The summed E-state index contributed by atoms with van der Waals surface area (Å²) in [5.41, 5.74) is 0. The van der Waals surface area contributed by atoms with Crippen LogP contribution in [0.3, 0.4) is 0 Å². The summed E-state index contributed by atoms with van der Waals surface area (Å²) in [6.07, 6.45) is 1.80. The van der Waals surface area contributed by atoms with Gasteiger partial charge in [-0.15, -0.1) is 0 Å². The van der Waals surface area contributed by atoms with Crippen molar-refractivity contribution in [2.24, 2.45) is 0 Å². The van der Waals surface area contributed by atoms with Crippen LogP contribution in [0.2, 0.25) is 0 Å². The Morgan fingerprint density at radius 2 is 1.73 bits per heavy atom. The monoisotopic (exact) mass is 246 g/mol. The van der Waals surface area contributed by atoms with Crippen molar-refractivity contribution in [2.45, 2.75) is 57.3 Å². The third kappa shape index (κ3) is 7.71. The van der Waals surface area contributed by atoms with Gasteiger partial charge in [-0.25, -0.2) is 8.42 Å². The normalized spacial score (nSPS) is 15.5. The topological polar surface area (TPSA) is 77.4 Å². The molecule has 0 aliphatic heterocycles. The van der Waals surface area contributed by atoms with Crippen molar-refractivity contribution in [1.29, 1.82) is 0 Å². The van der Waals surface area contributed by atoms with E-state index >= 15 is 0 Å². The fourth-order valence-corrected chi connectivity index (χ4v) is 2.39. The fourth-order valence-electron chi connectivity index (χ4n) is 1.42. The van der Waals surface area contributed by atoms with Gasteiger partial charge in [0.15, 0.2) is 0 Å². The molecule has 0 aliphatic carbocycles. The number of aliphatic hydroxyl groups is 1. The molecule has 0 heterocycles. The van der Waals surface area contributed by atoms with Gasteiger partial charge in [0.25, 0.3) is 0 Å². The molecule has 0 fully saturated rings. The van der Waals surface area contributed by atoms with Crippen LogP contribution in [0.15, 0.2) is 0 Å². The summed E-state index contributed by atoms with van der Waals surface area (Å²) in [5, 5.41) is 8.37. The van der Waals surface area contributed by atoms with E-state index in [1.807, 2.05) is 13.8 Å². The summed E-state index contributed by atoms with van der Waals surface area (Å²) in [6.45, 7) is 3.76. The van der Waals surface area contributed by atoms with Crippen LogP contribution < -0.4 is 29.6 Å². The number of aliphatic hydroxyl groups excluding tert-OH is 1. The Morgan fingerprint density at radius 1 is 1.20 bits per heavy atom. The van der Waals surface area contributed by atoms with Crippen LogP contribution in [0.5, 0.6) is 0 Å². The van der Waals surface area contributed by atoms with E-state index in [-0.39, 0.29) is 36.0 Å². The molecule has 0 saturated heterocycles. The van der Waals surface area contributed by atoms with Gasteiger partial charge in [-0.2, -0.15) is 0 Å². The van der Waals surface area contributed by atoms with Crippen molar-refractivity contribution in [3.05, 3.63) is 0 Å². The maximum absolute atomic E-state index is 10.8. The zero-order chi connectivity index (χ0) is 11.2. The summed E-state index contributed by atoms with van der Waals surface area (Å²) in [4.78, 5) is 0. The van der Waals surface area contributed by atoms with Crippen LogP contribution in [-0.2, 0) is 10.1 Å². The molecule has 2 unspecified atom stereocenters. The van der Waals surface area contributed by atoms with Gasteiger partial charge in [0.05, 0.1) is 11.4 Å². The average Bonchev–Trinajstić information content (AvgIpc) is 2.03. The zero-order valence-corrected chi connectivity index (χ0v) is 12.6. The molecule has 0 rings (SSSR count). The second-order valence-corrected chi connectivity index (χ2v) is 5.12. The Bertz CT molecular complexity index is 240. The van der Waals surface area contributed by atoms with E-state index in [2.05, 4.69) is 0 Å². The first kappa shape index (κ1) is 18.2. The Hall–Kier alpha value is 0.870. The number of unbranched alkanes of at least 4 members (excludes halogenated alkanes) is 1. The summed E-state index contributed by atoms with van der Waals surface area (Å²) in [7, 11) is -4.36. The van der Waals surface area contributed by atoms with Crippen LogP contribution in [0.25, 0.3) is 0 Å². The van der Waals surface area contributed by atoms with Crippen LogP contribution >= 0.6 is 0 Å². The molecule has 0 aromatic carbocycles. The van der Waals surface area contributed by atoms with Crippen LogP contribution in [0.4, 0.5) is 0 Å². The minimum absolute atomic E-state index is 0. The van der Waals surface area contributed by atoms with Crippen LogP contribution in [-0.4, -0.2) is 29.4 Å². The molecule has 2 atom stereocenters. The molecular weight excluding hydrogens is 227 g/mol. The number of hydrogen-bond acceptors (Lipinski definition) is 4. The zero-order valence-electron chi connectivity index (χ0n) is 9.77. The first-order valence-corrected chi connectivity index (χ1v) is 6.53. The van der Waals surface area contributed by atoms with Crippen molar-refractivity contribution in [2.75, 3.05) is 0 Å². The van der Waals surface area contributed by atoms with Gasteiger partial charge in [-0.1, -0.05) is 33.1 Å². The molecule has 6 heteroatoms. The predicted molar refractivity (Wildman–Crippen MR) is 53.9 cm³/mol. The van der Waals surface area contributed by atoms with E-state index in [9.17, 15) is 18.1 Å². The van der Waals surface area contributed by atoms with Gasteiger partial charge in [0, 0.05) is 0 Å². The molecule has 0 saturated carbocycles. The van der Waals surface area contributed by atoms with E-state index in [0.717, 1.165) is 6.42 Å². The van der Waals surface area contributed by atoms with Gasteiger partial charge in [-0.05, 0) is 12.8 Å². The molecule has 4 nitrogen and oxygen atoms in total. The molecule has 15 heavy (non-hydrogen) atoms. The molecule has 86 valence electrons. The standard InChI is InChI=1S/C9H20O4S.Na/c1-3-5-7-9(14(11,12)13)8(10)6-4-2;/h8-10H,3-7H2,1-2H3,(H,11,12,13);/q;+1/p-1. The first-order valence-electron chi connectivity index (χ1n) is 5.06. The van der Waals surface area contributed by atoms with Gasteiger partial charge in [0.2, 0.25) is 0 Å². The van der Waals surface area contributed by atoms with E-state index < -0.39 is 21.5 Å². The third-order valence-corrected chi connectivity index (χ3v) is 3.52. The van der Waals surface area contributed by atoms with E-state index in [1.54, 1.807) is 0 Å². The van der Waals surface area contributed by atoms with E-state index in [4.69, 9.17) is 0 Å². The Morgan fingerprint density at radius 3 is 2.07 bits per heavy atom. The average molecular weight is 246 g/mol. The largest absolute Gasteiger partial charge is 1.00 e. The third-order valence-electron chi connectivity index (χ3n) is 2.23. The first-order chi connectivity index (χ1) is 6.43. The van der Waals surface area contributed by atoms with Gasteiger partial charge < -0.3 is 9.66 Å². The van der Waals surface area contributed by atoms with E-state index in [1.165, 1.54) is 0 Å². The van der Waals surface area contributed by atoms with Gasteiger partial charge in [-0.3, -0.25) is 0 Å². The Balaban J connectivity index is 0. The summed E-state index contributed by atoms with van der Waals surface area (Å²) in [6, 6.07) is 0. The second-order valence-electron chi connectivity index (χ2n) is 3.53. The van der Waals surface area contributed by atoms with Crippen molar-refractivity contribution in [3.63, 3.8) is 0 Å². The number of rotatable bonds is 7. The molecule has 0 radical (unpaired) electrons. The molecule has 0 aromatic heterocycles. The molecule has 0 aliphatic rings. The molecule has 0 spiro atoms. The minimum atomic E-state index is -4.36. The van der Waals surface area contributed by atoms with Crippen LogP contribution in [0, 0.1) is 0 Å². The van der Waals surface area contributed by atoms with Gasteiger partial charge >= 0.3 is 29.6 Å². The minimum Gasteiger partial charge on any atom is -0.748 e. The van der Waals surface area contributed by atoms with Crippen molar-refractivity contribution >= 4 is 10.1 Å². The maximum Gasteiger partial charge on any atom is 1.00 e. The van der Waals surface area contributed by atoms with Crippen LogP contribution in [0.1, 0.15) is 46.0 Å². The Kier molecular flexibility index (Phi) is 10.9. The maximum atomic E-state index is 10.8. The number of hydrogen-bond donors (Lipinski definition) is 1. The summed E-state index contributed by atoms with van der Waals surface area (Å²) in [5.74, 6) is 0. The fraction of sp³-hybridized carbons (Fsp3) is 1.00. The molecule has 1 N–H and O–H groups in total. The summed E-state index contributed by atoms with van der Waals surface area (Å²) < 4.78 is 32.5. The quantitative estimate of drug-likeness (QED) is 0.427. The predicted octanol–water partition coefficient (Wildman–Crippen LogP) is -1.74. The van der Waals surface area contributed by atoms with Gasteiger partial charge in [0.1, 0.15) is 10.1 Å².